The molecule has 1 aliphatic heterocycles. The van der Waals surface area contributed by atoms with Crippen molar-refractivity contribution in [1.29, 1.82) is 0 Å². The van der Waals surface area contributed by atoms with E-state index in [0.717, 1.165) is 31.5 Å². The zero-order valence-corrected chi connectivity index (χ0v) is 12.4. The van der Waals surface area contributed by atoms with Crippen LogP contribution >= 0.6 is 11.3 Å². The minimum Gasteiger partial charge on any atom is -0.481 e. The Labute approximate surface area is 126 Å². The van der Waals surface area contributed by atoms with E-state index in [2.05, 4.69) is 15.0 Å². The van der Waals surface area contributed by atoms with E-state index in [1.54, 1.807) is 11.3 Å². The Bertz CT molecular complexity index is 588. The summed E-state index contributed by atoms with van der Waals surface area (Å²) in [5.74, 6) is 0.841. The van der Waals surface area contributed by atoms with Gasteiger partial charge in [0.15, 0.2) is 0 Å². The first-order valence-corrected chi connectivity index (χ1v) is 7.94. The maximum absolute atomic E-state index is 10.7. The van der Waals surface area contributed by atoms with E-state index in [1.165, 1.54) is 0 Å². The molecule has 0 bridgehead atoms. The normalized spacial score (nSPS) is 17.1. The maximum atomic E-state index is 10.7. The van der Waals surface area contributed by atoms with Crippen molar-refractivity contribution in [3.05, 3.63) is 22.7 Å². The molecule has 0 aromatic carbocycles. The molecule has 3 rings (SSSR count). The number of rotatable bonds is 5. The molecule has 1 fully saturated rings. The highest BCUT2D eigenvalue weighted by molar-refractivity contribution is 7.08. The lowest BCUT2D eigenvalue weighted by Crippen LogP contribution is -2.34. The second-order valence-electron chi connectivity index (χ2n) is 5.34. The molecule has 0 unspecified atom stereocenters. The number of carboxylic acids is 1. The van der Waals surface area contributed by atoms with Crippen molar-refractivity contribution in [3.63, 3.8) is 0 Å². The van der Waals surface area contributed by atoms with Gasteiger partial charge in [-0.25, -0.2) is 0 Å². The van der Waals surface area contributed by atoms with Crippen LogP contribution in [-0.2, 0) is 11.3 Å². The van der Waals surface area contributed by atoms with Crippen molar-refractivity contribution in [2.45, 2.75) is 25.8 Å². The number of carboxylic acid groups (broad SMARTS) is 1. The third-order valence-electron chi connectivity index (χ3n) is 3.78. The Morgan fingerprint density at radius 1 is 1.48 bits per heavy atom. The van der Waals surface area contributed by atoms with Gasteiger partial charge in [0.05, 0.1) is 6.54 Å². The van der Waals surface area contributed by atoms with Gasteiger partial charge in [-0.3, -0.25) is 9.69 Å². The molecule has 1 saturated heterocycles. The predicted molar refractivity (Wildman–Crippen MR) is 77.9 cm³/mol. The molecule has 1 N–H and O–H groups in total. The Balaban J connectivity index is 1.53. The fourth-order valence-electron chi connectivity index (χ4n) is 2.61. The van der Waals surface area contributed by atoms with E-state index in [1.807, 2.05) is 16.8 Å². The summed E-state index contributed by atoms with van der Waals surface area (Å²) in [4.78, 5) is 17.4. The first kappa shape index (κ1) is 14.2. The number of thiophene rings is 1. The van der Waals surface area contributed by atoms with E-state index >= 15 is 0 Å². The van der Waals surface area contributed by atoms with Crippen LogP contribution in [0.1, 0.15) is 25.2 Å². The number of aromatic nitrogens is 2. The van der Waals surface area contributed by atoms with Crippen LogP contribution in [0.3, 0.4) is 0 Å². The molecule has 0 radical (unpaired) electrons. The molecule has 0 saturated carbocycles. The summed E-state index contributed by atoms with van der Waals surface area (Å²) < 4.78 is 5.29. The Kier molecular flexibility index (Phi) is 4.31. The largest absolute Gasteiger partial charge is 0.481 e. The van der Waals surface area contributed by atoms with E-state index in [4.69, 9.17) is 9.63 Å². The number of hydrogen-bond acceptors (Lipinski definition) is 6. The summed E-state index contributed by atoms with van der Waals surface area (Å²) in [7, 11) is 0. The average molecular weight is 307 g/mol. The van der Waals surface area contributed by atoms with Crippen molar-refractivity contribution >= 4 is 17.3 Å². The SMILES string of the molecule is O=C(O)CC1CCN(Cc2nc(-c3ccsc3)no2)CC1. The van der Waals surface area contributed by atoms with E-state index in [0.29, 0.717) is 24.2 Å². The highest BCUT2D eigenvalue weighted by atomic mass is 32.1. The molecule has 2 aromatic rings. The fraction of sp³-hybridized carbons (Fsp3) is 0.500. The van der Waals surface area contributed by atoms with Gasteiger partial charge in [0.1, 0.15) is 0 Å². The van der Waals surface area contributed by atoms with E-state index in [-0.39, 0.29) is 6.42 Å². The third-order valence-corrected chi connectivity index (χ3v) is 4.46. The van der Waals surface area contributed by atoms with Crippen LogP contribution in [0.25, 0.3) is 11.4 Å². The molecule has 0 aliphatic carbocycles. The first-order chi connectivity index (χ1) is 10.2. The fourth-order valence-corrected chi connectivity index (χ4v) is 3.25. The van der Waals surface area contributed by atoms with E-state index < -0.39 is 5.97 Å². The van der Waals surface area contributed by atoms with Crippen molar-refractivity contribution < 1.29 is 14.4 Å². The molecule has 3 heterocycles. The van der Waals surface area contributed by atoms with Gasteiger partial charge in [0.2, 0.25) is 11.7 Å². The lowest BCUT2D eigenvalue weighted by Gasteiger charge is -2.30. The summed E-state index contributed by atoms with van der Waals surface area (Å²) in [6.45, 7) is 2.40. The van der Waals surface area contributed by atoms with Gasteiger partial charge in [-0.15, -0.1) is 0 Å². The van der Waals surface area contributed by atoms with Gasteiger partial charge in [-0.05, 0) is 43.3 Å². The maximum Gasteiger partial charge on any atom is 0.303 e. The monoisotopic (exact) mass is 307 g/mol. The van der Waals surface area contributed by atoms with Crippen LogP contribution in [0, 0.1) is 5.92 Å². The lowest BCUT2D eigenvalue weighted by molar-refractivity contribution is -0.138. The highest BCUT2D eigenvalue weighted by Crippen LogP contribution is 2.23. The minimum absolute atomic E-state index is 0.275. The molecule has 2 aromatic heterocycles. The number of hydrogen-bond donors (Lipinski definition) is 1. The molecule has 0 spiro atoms. The number of carbonyl (C=O) groups is 1. The summed E-state index contributed by atoms with van der Waals surface area (Å²) in [5.41, 5.74) is 0.982. The topological polar surface area (TPSA) is 79.5 Å². The lowest BCUT2D eigenvalue weighted by atomic mass is 9.94. The zero-order chi connectivity index (χ0) is 14.7. The number of aliphatic carboxylic acids is 1. The number of nitrogens with zero attached hydrogens (tertiary/aromatic N) is 3. The van der Waals surface area contributed by atoms with Crippen molar-refractivity contribution in [1.82, 2.24) is 15.0 Å². The van der Waals surface area contributed by atoms with Crippen LogP contribution in [0.15, 0.2) is 21.3 Å². The summed E-state index contributed by atoms with van der Waals surface area (Å²) >= 11 is 1.60. The van der Waals surface area contributed by atoms with Gasteiger partial charge >= 0.3 is 5.97 Å². The number of likely N-dealkylation sites (tertiary alicyclic amines) is 1. The molecular weight excluding hydrogens is 290 g/mol. The smallest absolute Gasteiger partial charge is 0.303 e. The van der Waals surface area contributed by atoms with Crippen molar-refractivity contribution in [3.8, 4) is 11.4 Å². The van der Waals surface area contributed by atoms with Crippen molar-refractivity contribution in [2.24, 2.45) is 5.92 Å². The Morgan fingerprint density at radius 3 is 2.95 bits per heavy atom. The summed E-state index contributed by atoms with van der Waals surface area (Å²) in [5, 5.41) is 16.8. The van der Waals surface area contributed by atoms with Crippen LogP contribution in [0.5, 0.6) is 0 Å². The molecule has 112 valence electrons. The molecule has 1 aliphatic rings. The Hall–Kier alpha value is -1.73. The highest BCUT2D eigenvalue weighted by Gasteiger charge is 2.22. The zero-order valence-electron chi connectivity index (χ0n) is 11.6. The molecule has 0 atom stereocenters. The van der Waals surface area contributed by atoms with Crippen LogP contribution < -0.4 is 0 Å². The summed E-state index contributed by atoms with van der Waals surface area (Å²) in [6.07, 6.45) is 2.10. The molecule has 0 amide bonds. The molecule has 21 heavy (non-hydrogen) atoms. The van der Waals surface area contributed by atoms with Gasteiger partial charge in [-0.1, -0.05) is 5.16 Å². The molecule has 6 nitrogen and oxygen atoms in total. The van der Waals surface area contributed by atoms with Gasteiger partial charge < -0.3 is 9.63 Å². The second-order valence-corrected chi connectivity index (χ2v) is 6.12. The van der Waals surface area contributed by atoms with Crippen LogP contribution in [0.2, 0.25) is 0 Å². The quantitative estimate of drug-likeness (QED) is 0.914. The average Bonchev–Trinajstić information content (AvgIpc) is 3.11. The van der Waals surface area contributed by atoms with Crippen molar-refractivity contribution in [2.75, 3.05) is 13.1 Å². The van der Waals surface area contributed by atoms with Crippen LogP contribution in [-0.4, -0.2) is 39.2 Å². The second kappa shape index (κ2) is 6.36. The Morgan fingerprint density at radius 2 is 2.29 bits per heavy atom. The van der Waals surface area contributed by atoms with E-state index in [9.17, 15) is 4.79 Å². The van der Waals surface area contributed by atoms with Gasteiger partial charge in [0, 0.05) is 17.4 Å². The van der Waals surface area contributed by atoms with Gasteiger partial charge in [0.25, 0.3) is 0 Å². The van der Waals surface area contributed by atoms with Crippen LogP contribution in [0.4, 0.5) is 0 Å². The van der Waals surface area contributed by atoms with Gasteiger partial charge in [-0.2, -0.15) is 16.3 Å². The third kappa shape index (κ3) is 3.68. The standard InChI is InChI=1S/C14H17N3O3S/c18-13(19)7-10-1-4-17(5-2-10)8-12-15-14(16-20-12)11-3-6-21-9-11/h3,6,9-10H,1-2,4-5,7-8H2,(H,18,19). The minimum atomic E-state index is -0.703. The molecule has 7 heteroatoms. The number of piperidine rings is 1. The first-order valence-electron chi connectivity index (χ1n) is 7.00. The predicted octanol–water partition coefficient (Wildman–Crippen LogP) is 2.48. The summed E-state index contributed by atoms with van der Waals surface area (Å²) in [6, 6.07) is 1.97. The molecular formula is C14H17N3O3S.